The van der Waals surface area contributed by atoms with Crippen LogP contribution >= 0.6 is 0 Å². The number of amides is 2. The molecule has 0 spiro atoms. The second-order valence-electron chi connectivity index (χ2n) is 10.6. The molecule has 0 bridgehead atoms. The number of para-hydroxylation sites is 1. The van der Waals surface area contributed by atoms with Crippen molar-refractivity contribution in [2.75, 3.05) is 25.0 Å². The minimum Gasteiger partial charge on any atom is -0.484 e. The van der Waals surface area contributed by atoms with Crippen LogP contribution in [0.1, 0.15) is 61.1 Å². The van der Waals surface area contributed by atoms with Crippen molar-refractivity contribution in [3.8, 4) is 5.75 Å². The van der Waals surface area contributed by atoms with E-state index in [0.717, 1.165) is 5.69 Å². The monoisotopic (exact) mass is 442 g/mol. The molecule has 7 heteroatoms. The van der Waals surface area contributed by atoms with Crippen LogP contribution in [0.4, 0.5) is 5.82 Å². The largest absolute Gasteiger partial charge is 0.484 e. The number of hydrogen-bond donors (Lipinski definition) is 1. The quantitative estimate of drug-likeness (QED) is 0.656. The molecule has 7 nitrogen and oxygen atoms in total. The highest BCUT2D eigenvalue weighted by Crippen LogP contribution is 2.28. The molecule has 1 aromatic carbocycles. The first kappa shape index (κ1) is 25.4. The Morgan fingerprint density at radius 2 is 1.72 bits per heavy atom. The van der Waals surface area contributed by atoms with Crippen molar-refractivity contribution in [2.45, 2.75) is 66.3 Å². The van der Waals surface area contributed by atoms with Gasteiger partial charge in [-0.3, -0.25) is 9.59 Å². The van der Waals surface area contributed by atoms with E-state index in [1.807, 2.05) is 63.6 Å². The number of nitrogens with one attached hydrogen (secondary N) is 1. The topological polar surface area (TPSA) is 76.5 Å². The highest BCUT2D eigenvalue weighted by atomic mass is 16.5. The standard InChI is InChI=1S/C25H38N4O3/c1-18(2)15-28(23(31)17-32-19-12-10-9-11-13-19)16-22(30)26-21-14-20(24(3,4)5)27-29(21)25(6,7)8/h9-14,18H,15-17H2,1-8H3,(H,26,30). The summed E-state index contributed by atoms with van der Waals surface area (Å²) in [6, 6.07) is 11.1. The number of ether oxygens (including phenoxy) is 1. The second-order valence-corrected chi connectivity index (χ2v) is 10.6. The van der Waals surface area contributed by atoms with E-state index >= 15 is 0 Å². The lowest BCUT2D eigenvalue weighted by Crippen LogP contribution is -2.42. The SMILES string of the molecule is CC(C)CN(CC(=O)Nc1cc(C(C)(C)C)nn1C(C)(C)C)C(=O)COc1ccccc1. The lowest BCUT2D eigenvalue weighted by Gasteiger charge is -2.25. The van der Waals surface area contributed by atoms with Crippen molar-refractivity contribution in [1.82, 2.24) is 14.7 Å². The summed E-state index contributed by atoms with van der Waals surface area (Å²) < 4.78 is 7.43. The third-order valence-electron chi connectivity index (χ3n) is 4.76. The smallest absolute Gasteiger partial charge is 0.260 e. The zero-order valence-electron chi connectivity index (χ0n) is 20.7. The fourth-order valence-corrected chi connectivity index (χ4v) is 3.15. The minimum atomic E-state index is -0.303. The maximum Gasteiger partial charge on any atom is 0.260 e. The number of hydrogen-bond acceptors (Lipinski definition) is 4. The predicted molar refractivity (Wildman–Crippen MR) is 128 cm³/mol. The Morgan fingerprint density at radius 1 is 1.09 bits per heavy atom. The van der Waals surface area contributed by atoms with Gasteiger partial charge >= 0.3 is 0 Å². The zero-order chi connectivity index (χ0) is 24.1. The highest BCUT2D eigenvalue weighted by Gasteiger charge is 2.26. The molecular weight excluding hydrogens is 404 g/mol. The Hall–Kier alpha value is -2.83. The summed E-state index contributed by atoms with van der Waals surface area (Å²) in [4.78, 5) is 27.3. The summed E-state index contributed by atoms with van der Waals surface area (Å²) in [5.41, 5.74) is 0.446. The molecule has 0 saturated carbocycles. The van der Waals surface area contributed by atoms with Crippen LogP contribution in [-0.2, 0) is 20.5 Å². The molecule has 0 aliphatic rings. The number of nitrogens with zero attached hydrogens (tertiary/aromatic N) is 3. The molecule has 1 aromatic heterocycles. The number of aromatic nitrogens is 2. The van der Waals surface area contributed by atoms with Crippen LogP contribution in [0.25, 0.3) is 0 Å². The van der Waals surface area contributed by atoms with Gasteiger partial charge in [0.05, 0.1) is 11.2 Å². The molecule has 176 valence electrons. The van der Waals surface area contributed by atoms with Gasteiger partial charge in [0.1, 0.15) is 18.1 Å². The van der Waals surface area contributed by atoms with Crippen LogP contribution in [-0.4, -0.2) is 46.2 Å². The Balaban J connectivity index is 2.13. The maximum absolute atomic E-state index is 12.9. The molecular formula is C25H38N4O3. The molecule has 0 fully saturated rings. The fourth-order valence-electron chi connectivity index (χ4n) is 3.15. The summed E-state index contributed by atoms with van der Waals surface area (Å²) >= 11 is 0. The first-order chi connectivity index (χ1) is 14.8. The molecule has 0 unspecified atom stereocenters. The summed E-state index contributed by atoms with van der Waals surface area (Å²) in [7, 11) is 0. The molecule has 1 heterocycles. The third-order valence-corrected chi connectivity index (χ3v) is 4.76. The summed E-state index contributed by atoms with van der Waals surface area (Å²) in [5.74, 6) is 0.988. The molecule has 1 N–H and O–H groups in total. The number of benzene rings is 1. The summed E-state index contributed by atoms with van der Waals surface area (Å²) in [5, 5.41) is 7.70. The van der Waals surface area contributed by atoms with Gasteiger partial charge in [0.25, 0.3) is 5.91 Å². The molecule has 0 aliphatic heterocycles. The Kier molecular flexibility index (Phi) is 8.10. The minimum absolute atomic E-state index is 0.0463. The van der Waals surface area contributed by atoms with E-state index in [2.05, 4.69) is 26.1 Å². The van der Waals surface area contributed by atoms with Gasteiger partial charge in [-0.1, -0.05) is 52.8 Å². The van der Waals surface area contributed by atoms with Gasteiger partial charge in [-0.25, -0.2) is 4.68 Å². The highest BCUT2D eigenvalue weighted by molar-refractivity contribution is 5.94. The maximum atomic E-state index is 12.9. The normalized spacial score (nSPS) is 12.0. The van der Waals surface area contributed by atoms with Gasteiger partial charge in [0, 0.05) is 18.0 Å². The van der Waals surface area contributed by atoms with Gasteiger partial charge in [-0.15, -0.1) is 0 Å². The Labute approximate surface area is 192 Å². The van der Waals surface area contributed by atoms with Crippen molar-refractivity contribution in [2.24, 2.45) is 5.92 Å². The average molecular weight is 443 g/mol. The molecule has 2 amide bonds. The van der Waals surface area contributed by atoms with Gasteiger partial charge in [-0.05, 0) is 38.8 Å². The second kappa shape index (κ2) is 10.2. The number of carbonyl (C=O) groups is 2. The van der Waals surface area contributed by atoms with Gasteiger partial charge < -0.3 is 15.0 Å². The number of rotatable bonds is 8. The summed E-state index contributed by atoms with van der Waals surface area (Å²) in [6.45, 7) is 16.7. The number of carbonyl (C=O) groups excluding carboxylic acids is 2. The van der Waals surface area contributed by atoms with Crippen LogP contribution in [0.15, 0.2) is 36.4 Å². The van der Waals surface area contributed by atoms with Crippen molar-refractivity contribution in [1.29, 1.82) is 0 Å². The molecule has 0 atom stereocenters. The van der Waals surface area contributed by atoms with E-state index < -0.39 is 0 Å². The molecule has 32 heavy (non-hydrogen) atoms. The predicted octanol–water partition coefficient (Wildman–Crippen LogP) is 4.44. The van der Waals surface area contributed by atoms with Crippen LogP contribution in [0.5, 0.6) is 5.75 Å². The van der Waals surface area contributed by atoms with Crippen molar-refractivity contribution in [3.05, 3.63) is 42.1 Å². The van der Waals surface area contributed by atoms with Gasteiger partial charge in [0.2, 0.25) is 5.91 Å². The van der Waals surface area contributed by atoms with E-state index in [4.69, 9.17) is 9.84 Å². The van der Waals surface area contributed by atoms with Crippen LogP contribution in [0.2, 0.25) is 0 Å². The molecule has 0 radical (unpaired) electrons. The average Bonchev–Trinajstić information content (AvgIpc) is 3.10. The van der Waals surface area contributed by atoms with E-state index in [1.54, 1.807) is 17.0 Å². The molecule has 0 saturated heterocycles. The van der Waals surface area contributed by atoms with Crippen LogP contribution in [0.3, 0.4) is 0 Å². The number of anilines is 1. The lowest BCUT2D eigenvalue weighted by molar-refractivity contribution is -0.137. The molecule has 2 aromatic rings. The summed E-state index contributed by atoms with van der Waals surface area (Å²) in [6.07, 6.45) is 0. The van der Waals surface area contributed by atoms with E-state index in [-0.39, 0.29) is 41.8 Å². The van der Waals surface area contributed by atoms with E-state index in [1.165, 1.54) is 0 Å². The van der Waals surface area contributed by atoms with Gasteiger partial charge in [-0.2, -0.15) is 5.10 Å². The van der Waals surface area contributed by atoms with E-state index in [0.29, 0.717) is 18.1 Å². The Morgan fingerprint density at radius 3 is 2.25 bits per heavy atom. The molecule has 0 aliphatic carbocycles. The lowest BCUT2D eigenvalue weighted by atomic mass is 9.92. The molecule has 2 rings (SSSR count). The zero-order valence-corrected chi connectivity index (χ0v) is 20.7. The van der Waals surface area contributed by atoms with Gasteiger partial charge in [0.15, 0.2) is 6.61 Å². The van der Waals surface area contributed by atoms with Crippen molar-refractivity contribution < 1.29 is 14.3 Å². The van der Waals surface area contributed by atoms with Crippen LogP contribution in [0, 0.1) is 5.92 Å². The third kappa shape index (κ3) is 7.39. The van der Waals surface area contributed by atoms with Crippen LogP contribution < -0.4 is 10.1 Å². The first-order valence-electron chi connectivity index (χ1n) is 11.1. The van der Waals surface area contributed by atoms with Crippen molar-refractivity contribution >= 4 is 17.6 Å². The fraction of sp³-hybridized carbons (Fsp3) is 0.560. The first-order valence-corrected chi connectivity index (χ1v) is 11.1. The van der Waals surface area contributed by atoms with Crippen molar-refractivity contribution in [3.63, 3.8) is 0 Å². The van der Waals surface area contributed by atoms with E-state index in [9.17, 15) is 9.59 Å². The Bertz CT molecular complexity index is 906.